The molecule has 0 aliphatic rings. The molecule has 0 aliphatic carbocycles. The molecule has 0 spiro atoms. The molecule has 0 amide bonds. The Bertz CT molecular complexity index is 870. The van der Waals surface area contributed by atoms with Gasteiger partial charge in [0.15, 0.2) is 4.77 Å². The highest BCUT2D eigenvalue weighted by molar-refractivity contribution is 9.10. The van der Waals surface area contributed by atoms with E-state index in [1.165, 1.54) is 0 Å². The van der Waals surface area contributed by atoms with E-state index in [1.54, 1.807) is 6.07 Å². The molecule has 2 aromatic carbocycles. The number of halogens is 3. The summed E-state index contributed by atoms with van der Waals surface area (Å²) >= 11 is 21.0. The lowest BCUT2D eigenvalue weighted by molar-refractivity contribution is 0.706. The molecule has 2 nitrogen and oxygen atoms in total. The first-order chi connectivity index (χ1) is 10.0. The van der Waals surface area contributed by atoms with Crippen LogP contribution in [0.4, 0.5) is 0 Å². The smallest absolute Gasteiger partial charge is 0.178 e. The molecular weight excluding hydrogens is 391 g/mol. The standard InChI is InChI=1S/C15H11BrCl2N2S/c16-10-2-4-13-14(7-10)20(15(21)19-13)6-5-9-1-3-11(17)8-12(9)18/h1-4,7-8H,5-6H2,(H,19,21). The van der Waals surface area contributed by atoms with Crippen LogP contribution in [0.5, 0.6) is 0 Å². The zero-order valence-corrected chi connectivity index (χ0v) is 14.8. The summed E-state index contributed by atoms with van der Waals surface area (Å²) in [5.74, 6) is 0. The Labute approximate surface area is 145 Å². The van der Waals surface area contributed by atoms with Gasteiger partial charge >= 0.3 is 0 Å². The molecule has 0 radical (unpaired) electrons. The van der Waals surface area contributed by atoms with Gasteiger partial charge in [-0.2, -0.15) is 0 Å². The molecule has 0 saturated carbocycles. The van der Waals surface area contributed by atoms with Crippen molar-refractivity contribution in [3.63, 3.8) is 0 Å². The fourth-order valence-corrected chi connectivity index (χ4v) is 3.46. The second kappa shape index (κ2) is 6.13. The first-order valence-corrected chi connectivity index (χ1v) is 8.32. The van der Waals surface area contributed by atoms with E-state index < -0.39 is 0 Å². The maximum Gasteiger partial charge on any atom is 0.178 e. The fourth-order valence-electron chi connectivity index (χ4n) is 2.30. The van der Waals surface area contributed by atoms with Crippen LogP contribution in [0, 0.1) is 4.77 Å². The molecule has 0 fully saturated rings. The number of rotatable bonds is 3. The van der Waals surface area contributed by atoms with Crippen molar-refractivity contribution in [1.82, 2.24) is 9.55 Å². The first-order valence-electron chi connectivity index (χ1n) is 6.36. The van der Waals surface area contributed by atoms with Crippen LogP contribution in [0.2, 0.25) is 10.0 Å². The van der Waals surface area contributed by atoms with E-state index in [9.17, 15) is 0 Å². The number of hydrogen-bond donors (Lipinski definition) is 1. The molecule has 6 heteroatoms. The predicted molar refractivity (Wildman–Crippen MR) is 95.0 cm³/mol. The zero-order chi connectivity index (χ0) is 15.0. The Morgan fingerprint density at radius 2 is 1.95 bits per heavy atom. The van der Waals surface area contributed by atoms with Crippen LogP contribution in [0.25, 0.3) is 11.0 Å². The predicted octanol–water partition coefficient (Wildman–Crippen LogP) is 6.01. The van der Waals surface area contributed by atoms with Crippen molar-refractivity contribution in [2.24, 2.45) is 0 Å². The topological polar surface area (TPSA) is 20.7 Å². The normalized spacial score (nSPS) is 11.2. The van der Waals surface area contributed by atoms with Gasteiger partial charge in [-0.15, -0.1) is 0 Å². The van der Waals surface area contributed by atoms with E-state index >= 15 is 0 Å². The van der Waals surface area contributed by atoms with Gasteiger partial charge in [0.05, 0.1) is 11.0 Å². The van der Waals surface area contributed by atoms with Gasteiger partial charge in [0.25, 0.3) is 0 Å². The molecule has 1 aromatic heterocycles. The van der Waals surface area contributed by atoms with Crippen molar-refractivity contribution in [3.05, 3.63) is 61.3 Å². The second-order valence-electron chi connectivity index (χ2n) is 4.73. The lowest BCUT2D eigenvalue weighted by Gasteiger charge is -2.07. The number of aromatic nitrogens is 2. The van der Waals surface area contributed by atoms with E-state index in [0.717, 1.165) is 34.0 Å². The molecule has 0 bridgehead atoms. The number of hydrogen-bond acceptors (Lipinski definition) is 1. The average Bonchev–Trinajstić information content (AvgIpc) is 2.73. The minimum atomic E-state index is 0.649. The summed E-state index contributed by atoms with van der Waals surface area (Å²) < 4.78 is 3.83. The first kappa shape index (κ1) is 15.1. The van der Waals surface area contributed by atoms with Gasteiger partial charge in [0, 0.05) is 21.1 Å². The second-order valence-corrected chi connectivity index (χ2v) is 6.88. The van der Waals surface area contributed by atoms with Gasteiger partial charge in [-0.3, -0.25) is 0 Å². The number of H-pyrrole nitrogens is 1. The summed E-state index contributed by atoms with van der Waals surface area (Å²) in [6, 6.07) is 11.6. The molecule has 3 rings (SSSR count). The van der Waals surface area contributed by atoms with Crippen LogP contribution in [0.1, 0.15) is 5.56 Å². The molecule has 21 heavy (non-hydrogen) atoms. The number of imidazole rings is 1. The summed E-state index contributed by atoms with van der Waals surface area (Å²) in [5, 5.41) is 1.34. The van der Waals surface area contributed by atoms with Gasteiger partial charge in [-0.25, -0.2) is 0 Å². The van der Waals surface area contributed by atoms with Crippen molar-refractivity contribution >= 4 is 62.4 Å². The van der Waals surface area contributed by atoms with Crippen LogP contribution >= 0.6 is 51.3 Å². The number of nitrogens with one attached hydrogen (secondary N) is 1. The summed E-state index contributed by atoms with van der Waals surface area (Å²) in [7, 11) is 0. The SMILES string of the molecule is S=c1[nH]c2ccc(Br)cc2n1CCc1ccc(Cl)cc1Cl. The number of nitrogens with zero attached hydrogens (tertiary/aromatic N) is 1. The summed E-state index contributed by atoms with van der Waals surface area (Å²) in [6.07, 6.45) is 0.795. The van der Waals surface area contributed by atoms with Crippen molar-refractivity contribution in [2.75, 3.05) is 0 Å². The third-order valence-electron chi connectivity index (χ3n) is 3.36. The lowest BCUT2D eigenvalue weighted by Crippen LogP contribution is -2.02. The number of fused-ring (bicyclic) bond motifs is 1. The highest BCUT2D eigenvalue weighted by atomic mass is 79.9. The molecular formula is C15H11BrCl2N2S. The molecule has 0 saturated heterocycles. The summed E-state index contributed by atoms with van der Waals surface area (Å²) in [4.78, 5) is 3.22. The van der Waals surface area contributed by atoms with E-state index in [0.29, 0.717) is 14.8 Å². The van der Waals surface area contributed by atoms with Gasteiger partial charge < -0.3 is 9.55 Å². The van der Waals surface area contributed by atoms with Gasteiger partial charge in [0.1, 0.15) is 0 Å². The van der Waals surface area contributed by atoms with Gasteiger partial charge in [-0.05, 0) is 54.5 Å². The van der Waals surface area contributed by atoms with E-state index in [1.807, 2.05) is 24.3 Å². The maximum atomic E-state index is 6.22. The fraction of sp³-hybridized carbons (Fsp3) is 0.133. The van der Waals surface area contributed by atoms with Crippen LogP contribution in [0.3, 0.4) is 0 Å². The number of aromatic amines is 1. The van der Waals surface area contributed by atoms with Crippen LogP contribution in [-0.4, -0.2) is 9.55 Å². The highest BCUT2D eigenvalue weighted by Gasteiger charge is 2.07. The van der Waals surface area contributed by atoms with Crippen molar-refractivity contribution in [2.45, 2.75) is 13.0 Å². The van der Waals surface area contributed by atoms with Crippen LogP contribution < -0.4 is 0 Å². The lowest BCUT2D eigenvalue weighted by atomic mass is 10.1. The summed E-state index contributed by atoms with van der Waals surface area (Å²) in [6.45, 7) is 0.761. The van der Waals surface area contributed by atoms with Crippen LogP contribution in [0.15, 0.2) is 40.9 Å². The van der Waals surface area contributed by atoms with Crippen LogP contribution in [-0.2, 0) is 13.0 Å². The number of benzene rings is 2. The van der Waals surface area contributed by atoms with E-state index in [2.05, 4.69) is 31.5 Å². The average molecular weight is 402 g/mol. The van der Waals surface area contributed by atoms with Gasteiger partial charge in [0.2, 0.25) is 0 Å². The third-order valence-corrected chi connectivity index (χ3v) is 4.76. The highest BCUT2D eigenvalue weighted by Crippen LogP contribution is 2.23. The molecule has 1 heterocycles. The van der Waals surface area contributed by atoms with Crippen molar-refractivity contribution in [3.8, 4) is 0 Å². The Hall–Kier alpha value is -0.810. The molecule has 0 atom stereocenters. The minimum Gasteiger partial charge on any atom is -0.331 e. The Morgan fingerprint density at radius 3 is 2.71 bits per heavy atom. The Balaban J connectivity index is 1.93. The monoisotopic (exact) mass is 400 g/mol. The Kier molecular flexibility index (Phi) is 4.41. The third kappa shape index (κ3) is 3.19. The zero-order valence-electron chi connectivity index (χ0n) is 10.9. The molecule has 3 aromatic rings. The molecule has 0 aliphatic heterocycles. The molecule has 1 N–H and O–H groups in total. The number of aryl methyl sites for hydroxylation is 2. The largest absolute Gasteiger partial charge is 0.331 e. The van der Waals surface area contributed by atoms with E-state index in [4.69, 9.17) is 35.4 Å². The Morgan fingerprint density at radius 1 is 1.14 bits per heavy atom. The van der Waals surface area contributed by atoms with Crippen molar-refractivity contribution < 1.29 is 0 Å². The molecule has 108 valence electrons. The van der Waals surface area contributed by atoms with Gasteiger partial charge in [-0.1, -0.05) is 45.2 Å². The van der Waals surface area contributed by atoms with Crippen molar-refractivity contribution in [1.29, 1.82) is 0 Å². The summed E-state index contributed by atoms with van der Waals surface area (Å²) in [5.41, 5.74) is 3.18. The minimum absolute atomic E-state index is 0.649. The molecule has 0 unspecified atom stereocenters. The quantitative estimate of drug-likeness (QED) is 0.532. The van der Waals surface area contributed by atoms with E-state index in [-0.39, 0.29) is 0 Å². The maximum absolute atomic E-state index is 6.22.